The number of fused-ring (bicyclic) bond motifs is 1. The van der Waals surface area contributed by atoms with Crippen molar-refractivity contribution in [1.29, 1.82) is 0 Å². The molecule has 4 heteroatoms. The van der Waals surface area contributed by atoms with Crippen molar-refractivity contribution in [3.05, 3.63) is 34.8 Å². The Kier molecular flexibility index (Phi) is 4.83. The molecule has 0 bridgehead atoms. The summed E-state index contributed by atoms with van der Waals surface area (Å²) in [5.41, 5.74) is 0.567. The van der Waals surface area contributed by atoms with Gasteiger partial charge in [-0.05, 0) is 37.6 Å². The Morgan fingerprint density at radius 3 is 2.74 bits per heavy atom. The van der Waals surface area contributed by atoms with E-state index in [9.17, 15) is 4.39 Å². The van der Waals surface area contributed by atoms with E-state index in [0.29, 0.717) is 10.6 Å². The summed E-state index contributed by atoms with van der Waals surface area (Å²) in [5, 5.41) is 4.50. The second-order valence-electron chi connectivity index (χ2n) is 4.75. The van der Waals surface area contributed by atoms with Gasteiger partial charge in [-0.2, -0.15) is 0 Å². The second-order valence-corrected chi connectivity index (χ2v) is 5.16. The van der Waals surface area contributed by atoms with E-state index >= 15 is 0 Å². The summed E-state index contributed by atoms with van der Waals surface area (Å²) in [4.78, 5) is 0. The molecule has 2 nitrogen and oxygen atoms in total. The van der Waals surface area contributed by atoms with Gasteiger partial charge in [0.2, 0.25) is 0 Å². The first-order chi connectivity index (χ1) is 9.15. The van der Waals surface area contributed by atoms with Crippen LogP contribution in [0.1, 0.15) is 44.9 Å². The number of nitrogens with one attached hydrogen (secondary N) is 1. The first-order valence-corrected chi connectivity index (χ1v) is 7.15. The summed E-state index contributed by atoms with van der Waals surface area (Å²) in [6.07, 6.45) is 3.11. The zero-order chi connectivity index (χ0) is 13.8. The largest absolute Gasteiger partial charge is 0.458 e. The van der Waals surface area contributed by atoms with E-state index in [1.54, 1.807) is 0 Å². The van der Waals surface area contributed by atoms with Crippen molar-refractivity contribution in [3.63, 3.8) is 0 Å². The molecule has 0 saturated heterocycles. The van der Waals surface area contributed by atoms with E-state index in [2.05, 4.69) is 19.2 Å². The van der Waals surface area contributed by atoms with E-state index in [4.69, 9.17) is 16.0 Å². The van der Waals surface area contributed by atoms with Crippen LogP contribution >= 0.6 is 11.6 Å². The average molecular weight is 284 g/mol. The summed E-state index contributed by atoms with van der Waals surface area (Å²) in [6, 6.07) is 4.78. The van der Waals surface area contributed by atoms with Crippen molar-refractivity contribution in [1.82, 2.24) is 5.32 Å². The zero-order valence-electron chi connectivity index (χ0n) is 11.3. The van der Waals surface area contributed by atoms with E-state index in [1.165, 1.54) is 12.1 Å². The molecule has 0 aliphatic rings. The third-order valence-electron chi connectivity index (χ3n) is 3.12. The molecule has 19 heavy (non-hydrogen) atoms. The van der Waals surface area contributed by atoms with Gasteiger partial charge in [0, 0.05) is 5.39 Å². The molecule has 1 heterocycles. The standard InChI is InChI=1S/C15H19ClFNO/c1-3-5-13(18-6-4-2)14-8-10-7-11(17)9-12(16)15(10)19-14/h7-9,13,18H,3-6H2,1-2H3. The number of hydrogen-bond acceptors (Lipinski definition) is 2. The smallest absolute Gasteiger partial charge is 0.153 e. The van der Waals surface area contributed by atoms with Crippen LogP contribution in [0.4, 0.5) is 4.39 Å². The van der Waals surface area contributed by atoms with Gasteiger partial charge in [0.1, 0.15) is 11.6 Å². The summed E-state index contributed by atoms with van der Waals surface area (Å²) >= 11 is 6.01. The molecule has 0 saturated carbocycles. The molecule has 104 valence electrons. The Labute approximate surface area is 117 Å². The minimum atomic E-state index is -0.335. The minimum absolute atomic E-state index is 0.163. The SMILES string of the molecule is CCCNC(CCC)c1cc2cc(F)cc(Cl)c2o1. The van der Waals surface area contributed by atoms with Gasteiger partial charge in [-0.15, -0.1) is 0 Å². The van der Waals surface area contributed by atoms with Crippen LogP contribution in [0.3, 0.4) is 0 Å². The van der Waals surface area contributed by atoms with Crippen molar-refractivity contribution >= 4 is 22.6 Å². The molecule has 1 N–H and O–H groups in total. The highest BCUT2D eigenvalue weighted by Crippen LogP contribution is 2.31. The third kappa shape index (κ3) is 3.28. The van der Waals surface area contributed by atoms with E-state index in [-0.39, 0.29) is 11.9 Å². The first kappa shape index (κ1) is 14.4. The fourth-order valence-electron chi connectivity index (χ4n) is 2.22. The lowest BCUT2D eigenvalue weighted by atomic mass is 10.1. The number of hydrogen-bond donors (Lipinski definition) is 1. The number of halogens is 2. The van der Waals surface area contributed by atoms with Crippen LogP contribution in [0.5, 0.6) is 0 Å². The maximum Gasteiger partial charge on any atom is 0.153 e. The Bertz CT molecular complexity index is 552. The van der Waals surface area contributed by atoms with Gasteiger partial charge >= 0.3 is 0 Å². The molecule has 1 aromatic carbocycles. The lowest BCUT2D eigenvalue weighted by Gasteiger charge is -2.14. The van der Waals surface area contributed by atoms with Crippen LogP contribution in [0.2, 0.25) is 5.02 Å². The van der Waals surface area contributed by atoms with Crippen molar-refractivity contribution in [2.75, 3.05) is 6.54 Å². The molecular formula is C15H19ClFNO. The lowest BCUT2D eigenvalue weighted by molar-refractivity contribution is 0.408. The normalized spacial score (nSPS) is 13.1. The number of benzene rings is 1. The summed E-state index contributed by atoms with van der Waals surface area (Å²) < 4.78 is 19.1. The van der Waals surface area contributed by atoms with E-state index in [0.717, 1.165) is 37.0 Å². The van der Waals surface area contributed by atoms with Crippen LogP contribution in [-0.4, -0.2) is 6.54 Å². The molecule has 0 amide bonds. The lowest BCUT2D eigenvalue weighted by Crippen LogP contribution is -2.21. The predicted octanol–water partition coefficient (Wildman–Crippen LogP) is 5.07. The quantitative estimate of drug-likeness (QED) is 0.801. The Balaban J connectivity index is 2.34. The highest BCUT2D eigenvalue weighted by Gasteiger charge is 2.16. The molecule has 2 aromatic rings. The number of rotatable bonds is 6. The van der Waals surface area contributed by atoms with Gasteiger partial charge in [0.25, 0.3) is 0 Å². The van der Waals surface area contributed by atoms with Crippen LogP contribution < -0.4 is 5.32 Å². The molecule has 1 unspecified atom stereocenters. The maximum atomic E-state index is 13.3. The van der Waals surface area contributed by atoms with Crippen LogP contribution in [0.15, 0.2) is 22.6 Å². The van der Waals surface area contributed by atoms with Gasteiger partial charge in [0.05, 0.1) is 11.1 Å². The molecule has 0 fully saturated rings. The van der Waals surface area contributed by atoms with Gasteiger partial charge in [-0.1, -0.05) is 31.9 Å². The topological polar surface area (TPSA) is 25.2 Å². The Morgan fingerprint density at radius 1 is 1.26 bits per heavy atom. The fraction of sp³-hybridized carbons (Fsp3) is 0.467. The Hall–Kier alpha value is -1.06. The highest BCUT2D eigenvalue weighted by molar-refractivity contribution is 6.34. The van der Waals surface area contributed by atoms with Crippen LogP contribution in [0.25, 0.3) is 11.0 Å². The van der Waals surface area contributed by atoms with Gasteiger partial charge in [-0.25, -0.2) is 4.39 Å². The molecule has 0 spiro atoms. The summed E-state index contributed by atoms with van der Waals surface area (Å²) in [7, 11) is 0. The minimum Gasteiger partial charge on any atom is -0.458 e. The predicted molar refractivity (Wildman–Crippen MR) is 77.1 cm³/mol. The maximum absolute atomic E-state index is 13.3. The number of furan rings is 1. The second kappa shape index (κ2) is 6.40. The molecule has 2 rings (SSSR count). The monoisotopic (exact) mass is 283 g/mol. The fourth-order valence-corrected chi connectivity index (χ4v) is 2.47. The molecular weight excluding hydrogens is 265 g/mol. The van der Waals surface area contributed by atoms with Crippen molar-refractivity contribution in [2.45, 2.75) is 39.2 Å². The Morgan fingerprint density at radius 2 is 2.05 bits per heavy atom. The first-order valence-electron chi connectivity index (χ1n) is 6.77. The zero-order valence-corrected chi connectivity index (χ0v) is 12.1. The van der Waals surface area contributed by atoms with Gasteiger partial charge < -0.3 is 9.73 Å². The molecule has 0 aliphatic carbocycles. The third-order valence-corrected chi connectivity index (χ3v) is 3.40. The average Bonchev–Trinajstić information content (AvgIpc) is 2.78. The summed E-state index contributed by atoms with van der Waals surface area (Å²) in [5.74, 6) is 0.496. The van der Waals surface area contributed by atoms with Crippen LogP contribution in [0, 0.1) is 5.82 Å². The van der Waals surface area contributed by atoms with Crippen molar-refractivity contribution < 1.29 is 8.81 Å². The molecule has 1 aromatic heterocycles. The van der Waals surface area contributed by atoms with Gasteiger partial charge in [0.15, 0.2) is 5.58 Å². The van der Waals surface area contributed by atoms with Crippen molar-refractivity contribution in [2.24, 2.45) is 0 Å². The van der Waals surface area contributed by atoms with E-state index < -0.39 is 0 Å². The van der Waals surface area contributed by atoms with Gasteiger partial charge in [-0.3, -0.25) is 0 Å². The van der Waals surface area contributed by atoms with Crippen LogP contribution in [-0.2, 0) is 0 Å². The summed E-state index contributed by atoms with van der Waals surface area (Å²) in [6.45, 7) is 5.20. The highest BCUT2D eigenvalue weighted by atomic mass is 35.5. The molecule has 0 radical (unpaired) electrons. The molecule has 1 atom stereocenters. The molecule has 0 aliphatic heterocycles. The van der Waals surface area contributed by atoms with E-state index in [1.807, 2.05) is 6.07 Å². The van der Waals surface area contributed by atoms with Crippen molar-refractivity contribution in [3.8, 4) is 0 Å².